The van der Waals surface area contributed by atoms with Crippen LogP contribution in [0.4, 0.5) is 13.2 Å². The predicted octanol–water partition coefficient (Wildman–Crippen LogP) is 3.38. The number of amides is 2. The minimum atomic E-state index is -5.06. The van der Waals surface area contributed by atoms with Crippen LogP contribution in [-0.2, 0) is 9.59 Å². The van der Waals surface area contributed by atoms with E-state index in [1.54, 1.807) is 5.32 Å². The Morgan fingerprint density at radius 2 is 1.63 bits per heavy atom. The summed E-state index contributed by atoms with van der Waals surface area (Å²) in [6.07, 6.45) is -4.97. The van der Waals surface area contributed by atoms with E-state index in [4.69, 9.17) is 5.73 Å². The number of carbonyl (C=O) groups is 2. The van der Waals surface area contributed by atoms with E-state index in [2.05, 4.69) is 0 Å². The molecule has 1 saturated carbocycles. The van der Waals surface area contributed by atoms with Crippen molar-refractivity contribution in [2.45, 2.75) is 31.0 Å². The number of rotatable bonds is 5. The number of hydrogen-bond acceptors (Lipinski definition) is 2. The van der Waals surface area contributed by atoms with Crippen LogP contribution in [-0.4, -0.2) is 23.5 Å². The van der Waals surface area contributed by atoms with Gasteiger partial charge in [0, 0.05) is 5.92 Å². The summed E-state index contributed by atoms with van der Waals surface area (Å²) in [7, 11) is 0. The monoisotopic (exact) mass is 376 g/mol. The fraction of sp³-hybridized carbons (Fsp3) is 0.300. The molecule has 3 atom stereocenters. The molecule has 2 amide bonds. The van der Waals surface area contributed by atoms with Crippen LogP contribution in [0.25, 0.3) is 11.1 Å². The summed E-state index contributed by atoms with van der Waals surface area (Å²) in [6, 6.07) is 17.3. The Morgan fingerprint density at radius 3 is 2.15 bits per heavy atom. The van der Waals surface area contributed by atoms with Gasteiger partial charge in [0.1, 0.15) is 5.54 Å². The quantitative estimate of drug-likeness (QED) is 0.840. The van der Waals surface area contributed by atoms with Gasteiger partial charge in [0.25, 0.3) is 0 Å². The molecule has 27 heavy (non-hydrogen) atoms. The van der Waals surface area contributed by atoms with Crippen molar-refractivity contribution in [3.63, 3.8) is 0 Å². The molecule has 0 aliphatic heterocycles. The van der Waals surface area contributed by atoms with Gasteiger partial charge in [-0.25, -0.2) is 0 Å². The number of benzene rings is 2. The smallest absolute Gasteiger partial charge is 0.368 e. The molecule has 3 unspecified atom stereocenters. The minimum Gasteiger partial charge on any atom is -0.368 e. The number of carbonyl (C=O) groups excluding carboxylic acids is 2. The van der Waals surface area contributed by atoms with Gasteiger partial charge >= 0.3 is 12.1 Å². The van der Waals surface area contributed by atoms with Crippen LogP contribution >= 0.6 is 0 Å². The number of nitrogens with two attached hydrogens (primary N) is 1. The first-order valence-corrected chi connectivity index (χ1v) is 8.50. The Kier molecular flexibility index (Phi) is 4.71. The highest BCUT2D eigenvalue weighted by atomic mass is 19.4. The van der Waals surface area contributed by atoms with Gasteiger partial charge in [0.05, 0.1) is 0 Å². The Labute approximate surface area is 154 Å². The molecule has 0 aromatic heterocycles. The van der Waals surface area contributed by atoms with E-state index in [1.165, 1.54) is 0 Å². The number of hydrogen-bond donors (Lipinski definition) is 2. The fourth-order valence-electron chi connectivity index (χ4n) is 3.50. The average molecular weight is 376 g/mol. The van der Waals surface area contributed by atoms with E-state index in [9.17, 15) is 22.8 Å². The maximum atomic E-state index is 12.6. The molecule has 3 N–H and O–H groups in total. The van der Waals surface area contributed by atoms with Crippen molar-refractivity contribution in [2.24, 2.45) is 11.7 Å². The zero-order chi connectivity index (χ0) is 19.8. The number of primary amides is 1. The summed E-state index contributed by atoms with van der Waals surface area (Å²) in [5, 5.41) is 1.81. The molecule has 1 aliphatic rings. The molecule has 1 aliphatic carbocycles. The van der Waals surface area contributed by atoms with Crippen LogP contribution in [0.3, 0.4) is 0 Å². The van der Waals surface area contributed by atoms with Crippen molar-refractivity contribution in [3.05, 3.63) is 60.2 Å². The SMILES string of the molecule is CC(c1ccc(-c2ccccc2)cc1)C1CC1(NC(=O)C(F)(F)F)C(N)=O. The van der Waals surface area contributed by atoms with Crippen LogP contribution in [0.2, 0.25) is 0 Å². The Hall–Kier alpha value is -2.83. The van der Waals surface area contributed by atoms with E-state index in [0.717, 1.165) is 16.7 Å². The van der Waals surface area contributed by atoms with Crippen LogP contribution in [0.5, 0.6) is 0 Å². The van der Waals surface area contributed by atoms with Crippen molar-refractivity contribution in [1.82, 2.24) is 5.32 Å². The van der Waals surface area contributed by atoms with E-state index >= 15 is 0 Å². The van der Waals surface area contributed by atoms with Crippen molar-refractivity contribution >= 4 is 11.8 Å². The molecule has 1 fully saturated rings. The van der Waals surface area contributed by atoms with Gasteiger partial charge in [-0.05, 0) is 29.0 Å². The molecule has 7 heteroatoms. The van der Waals surface area contributed by atoms with Gasteiger partial charge in [0.15, 0.2) is 0 Å². The second-order valence-electron chi connectivity index (χ2n) is 6.87. The maximum Gasteiger partial charge on any atom is 0.471 e. The third-order valence-corrected chi connectivity index (χ3v) is 5.20. The molecule has 2 aromatic carbocycles. The second-order valence-corrected chi connectivity index (χ2v) is 6.87. The molecular weight excluding hydrogens is 357 g/mol. The molecule has 0 saturated heterocycles. The Morgan fingerprint density at radius 1 is 1.07 bits per heavy atom. The van der Waals surface area contributed by atoms with E-state index in [-0.39, 0.29) is 12.3 Å². The molecule has 0 radical (unpaired) electrons. The number of nitrogens with one attached hydrogen (secondary N) is 1. The third kappa shape index (κ3) is 3.67. The van der Waals surface area contributed by atoms with Crippen molar-refractivity contribution in [1.29, 1.82) is 0 Å². The van der Waals surface area contributed by atoms with E-state index in [0.29, 0.717) is 0 Å². The summed E-state index contributed by atoms with van der Waals surface area (Å²) in [5.74, 6) is -3.81. The van der Waals surface area contributed by atoms with Gasteiger partial charge in [-0.3, -0.25) is 9.59 Å². The summed E-state index contributed by atoms with van der Waals surface area (Å²) in [6.45, 7) is 1.81. The first-order chi connectivity index (χ1) is 12.6. The van der Waals surface area contributed by atoms with Gasteiger partial charge in [-0.1, -0.05) is 61.5 Å². The molecule has 2 aromatic rings. The first kappa shape index (κ1) is 18.9. The second kappa shape index (κ2) is 6.72. The number of alkyl halides is 3. The summed E-state index contributed by atoms with van der Waals surface area (Å²) < 4.78 is 37.7. The normalized spacial score (nSPS) is 22.7. The van der Waals surface area contributed by atoms with Crippen molar-refractivity contribution < 1.29 is 22.8 Å². The van der Waals surface area contributed by atoms with Crippen LogP contribution in [0.1, 0.15) is 24.8 Å². The standard InChI is InChI=1S/C20H19F3N2O2/c1-12(13-7-9-15(10-8-13)14-5-3-2-4-6-14)16-11-19(16,17(24)26)25-18(27)20(21,22)23/h2-10,12,16H,11H2,1H3,(H2,24,26)(H,25,27). The lowest BCUT2D eigenvalue weighted by atomic mass is 9.91. The fourth-order valence-corrected chi connectivity index (χ4v) is 3.50. The molecular formula is C20H19F3N2O2. The topological polar surface area (TPSA) is 72.2 Å². The highest BCUT2D eigenvalue weighted by molar-refractivity contribution is 5.95. The van der Waals surface area contributed by atoms with Crippen LogP contribution in [0.15, 0.2) is 54.6 Å². The molecule has 0 spiro atoms. The maximum absolute atomic E-state index is 12.6. The third-order valence-electron chi connectivity index (χ3n) is 5.20. The molecule has 0 bridgehead atoms. The molecule has 142 valence electrons. The van der Waals surface area contributed by atoms with E-state index < -0.39 is 29.4 Å². The number of halogens is 3. The zero-order valence-electron chi connectivity index (χ0n) is 14.6. The lowest BCUT2D eigenvalue weighted by Gasteiger charge is -2.20. The van der Waals surface area contributed by atoms with Crippen molar-refractivity contribution in [2.75, 3.05) is 0 Å². The predicted molar refractivity (Wildman–Crippen MR) is 94.5 cm³/mol. The van der Waals surface area contributed by atoms with Gasteiger partial charge in [0.2, 0.25) is 5.91 Å². The Bertz CT molecular complexity index is 850. The van der Waals surface area contributed by atoms with Gasteiger partial charge in [-0.15, -0.1) is 0 Å². The molecule has 0 heterocycles. The highest BCUT2D eigenvalue weighted by Crippen LogP contribution is 2.52. The summed E-state index contributed by atoms with van der Waals surface area (Å²) >= 11 is 0. The van der Waals surface area contributed by atoms with Gasteiger partial charge < -0.3 is 11.1 Å². The van der Waals surface area contributed by atoms with Crippen LogP contribution < -0.4 is 11.1 Å². The lowest BCUT2D eigenvalue weighted by molar-refractivity contribution is -0.175. The Balaban J connectivity index is 1.77. The first-order valence-electron chi connectivity index (χ1n) is 8.50. The van der Waals surface area contributed by atoms with E-state index in [1.807, 2.05) is 61.5 Å². The zero-order valence-corrected chi connectivity index (χ0v) is 14.6. The summed E-state index contributed by atoms with van der Waals surface area (Å²) in [4.78, 5) is 23.1. The largest absolute Gasteiger partial charge is 0.471 e. The molecule has 4 nitrogen and oxygen atoms in total. The molecule has 3 rings (SSSR count). The van der Waals surface area contributed by atoms with Gasteiger partial charge in [-0.2, -0.15) is 13.2 Å². The summed E-state index contributed by atoms with van der Waals surface area (Å²) in [5.41, 5.74) is 6.58. The minimum absolute atomic E-state index is 0.0890. The highest BCUT2D eigenvalue weighted by Gasteiger charge is 2.64. The lowest BCUT2D eigenvalue weighted by Crippen LogP contribution is -2.52. The van der Waals surface area contributed by atoms with Crippen molar-refractivity contribution in [3.8, 4) is 11.1 Å². The average Bonchev–Trinajstić information content (AvgIpc) is 3.37. The van der Waals surface area contributed by atoms with Crippen LogP contribution in [0, 0.1) is 5.92 Å².